The summed E-state index contributed by atoms with van der Waals surface area (Å²) in [6.07, 6.45) is 1.35. The smallest absolute Gasteiger partial charge is 0.252 e. The number of aromatic nitrogens is 4. The quantitative estimate of drug-likeness (QED) is 0.0850. The summed E-state index contributed by atoms with van der Waals surface area (Å²) in [4.78, 5) is 5.12. The van der Waals surface area contributed by atoms with Crippen molar-refractivity contribution in [2.45, 2.75) is 137 Å². The molecule has 6 nitrogen and oxygen atoms in total. The van der Waals surface area contributed by atoms with Crippen LogP contribution in [0.2, 0.25) is 0 Å². The first-order valence-corrected chi connectivity index (χ1v) is 48.1. The van der Waals surface area contributed by atoms with Crippen molar-refractivity contribution >= 4 is 133 Å². The lowest BCUT2D eigenvalue weighted by Gasteiger charge is -2.45. The van der Waals surface area contributed by atoms with E-state index >= 15 is 0 Å². The lowest BCUT2D eigenvalue weighted by atomic mass is 9.33. The monoisotopic (exact) mass is 1780 g/mol. The van der Waals surface area contributed by atoms with E-state index < -0.39 is 73.2 Å². The highest BCUT2D eigenvalue weighted by molar-refractivity contribution is 7.00. The van der Waals surface area contributed by atoms with Gasteiger partial charge in [-0.05, 0) is 260 Å². The van der Waals surface area contributed by atoms with Crippen molar-refractivity contribution in [2.24, 2.45) is 0 Å². The number of fused-ring (bicyclic) bond motifs is 16. The summed E-state index contributed by atoms with van der Waals surface area (Å²) in [5.74, 6) is 0. The van der Waals surface area contributed by atoms with Crippen LogP contribution in [-0.2, 0) is 47.7 Å². The molecule has 0 radical (unpaired) electrons. The van der Waals surface area contributed by atoms with Gasteiger partial charge in [0.1, 0.15) is 0 Å². The van der Waals surface area contributed by atoms with Crippen molar-refractivity contribution in [1.82, 2.24) is 18.3 Å². The highest BCUT2D eigenvalue weighted by Gasteiger charge is 2.44. The van der Waals surface area contributed by atoms with Gasteiger partial charge >= 0.3 is 0 Å². The Kier molecular flexibility index (Phi) is 17.1. The van der Waals surface area contributed by atoms with Gasteiger partial charge in [0.2, 0.25) is 0 Å². The third kappa shape index (κ3) is 14.7. The Balaban J connectivity index is 0.807. The fourth-order valence-corrected chi connectivity index (χ4v) is 22.1. The van der Waals surface area contributed by atoms with Gasteiger partial charge in [0.25, 0.3) is 6.71 Å². The van der Waals surface area contributed by atoms with E-state index in [1.165, 1.54) is 44.2 Å². The molecule has 0 saturated carbocycles. The maximum absolute atomic E-state index is 9.88. The van der Waals surface area contributed by atoms with Gasteiger partial charge in [-0.3, -0.25) is 0 Å². The van der Waals surface area contributed by atoms with Crippen LogP contribution < -0.4 is 26.2 Å². The number of benzene rings is 18. The van der Waals surface area contributed by atoms with Gasteiger partial charge in [-0.1, -0.05) is 368 Å². The molecule has 0 amide bonds. The Hall–Kier alpha value is -15.2. The van der Waals surface area contributed by atoms with Crippen molar-refractivity contribution in [2.75, 3.05) is 16.3 Å². The van der Waals surface area contributed by atoms with E-state index in [0.29, 0.717) is 37.2 Å². The number of hydrogen-bond acceptors (Lipinski definition) is 2. The molecule has 24 rings (SSSR count). The summed E-state index contributed by atoms with van der Waals surface area (Å²) >= 11 is 0. The summed E-state index contributed by atoms with van der Waals surface area (Å²) in [6.45, 7) is 28.5. The average Bonchev–Trinajstić information content (AvgIpc) is 1.34. The predicted octanol–water partition coefficient (Wildman–Crippen LogP) is 32.0. The molecule has 0 atom stereocenters. The first kappa shape index (κ1) is 71.4. The average molecular weight is 1780 g/mol. The Morgan fingerprint density at radius 3 is 1.12 bits per heavy atom. The van der Waals surface area contributed by atoms with Gasteiger partial charge in [0.05, 0.1) is 39.9 Å². The molecule has 22 aromatic rings. The van der Waals surface area contributed by atoms with Crippen LogP contribution >= 0.6 is 0 Å². The van der Waals surface area contributed by atoms with E-state index in [1.54, 1.807) is 4.57 Å². The molecular formula is C130H113BN6. The third-order valence-electron chi connectivity index (χ3n) is 29.1. The molecule has 18 aromatic carbocycles. The van der Waals surface area contributed by atoms with Crippen LogP contribution in [0.3, 0.4) is 0 Å². The summed E-state index contributed by atoms with van der Waals surface area (Å²) in [5, 5.41) is 6.13. The number of rotatable bonds is 17. The van der Waals surface area contributed by atoms with E-state index in [-0.39, 0.29) is 74.2 Å². The summed E-state index contributed by atoms with van der Waals surface area (Å²) < 4.78 is 132. The maximum atomic E-state index is 9.88. The first-order valence-electron chi connectivity index (χ1n) is 54.6. The topological polar surface area (TPSA) is 26.2 Å². The zero-order chi connectivity index (χ0) is 104. The number of anilines is 4. The predicted molar refractivity (Wildman–Crippen MR) is 586 cm³/mol. The lowest BCUT2D eigenvalue weighted by Crippen LogP contribution is -2.62. The molecule has 0 bridgehead atoms. The second-order valence-corrected chi connectivity index (χ2v) is 41.7. The van der Waals surface area contributed by atoms with Crippen molar-refractivity contribution in [3.8, 4) is 67.0 Å². The summed E-state index contributed by atoms with van der Waals surface area (Å²) in [5.41, 5.74) is 31.8. The molecular weight excluding hydrogens is 1660 g/mol. The highest BCUT2D eigenvalue weighted by atomic mass is 15.2. The maximum Gasteiger partial charge on any atom is 0.252 e. The molecule has 0 spiro atoms. The largest absolute Gasteiger partial charge is 0.342 e. The molecule has 6 heterocycles. The fraction of sp³-hybridized carbons (Fsp3) is 0.169. The Bertz CT molecular complexity index is 9070. The van der Waals surface area contributed by atoms with Crippen molar-refractivity contribution in [3.63, 3.8) is 0 Å². The zero-order valence-electron chi connectivity index (χ0n) is 92.5. The van der Waals surface area contributed by atoms with E-state index in [0.717, 1.165) is 155 Å². The molecule has 2 aliphatic rings. The van der Waals surface area contributed by atoms with E-state index in [2.05, 4.69) is 404 Å². The summed E-state index contributed by atoms with van der Waals surface area (Å²) in [7, 11) is 0. The molecule has 0 N–H and O–H groups in total. The summed E-state index contributed by atoms with van der Waals surface area (Å²) in [6, 6.07) is 109. The minimum Gasteiger partial charge on any atom is -0.342 e. The Labute approximate surface area is 823 Å². The molecule has 0 aliphatic carbocycles. The van der Waals surface area contributed by atoms with Crippen LogP contribution in [0.5, 0.6) is 0 Å². The molecule has 0 unspecified atom stereocenters. The molecule has 2 aliphatic heterocycles. The van der Waals surface area contributed by atoms with Crippen LogP contribution in [0.4, 0.5) is 22.7 Å². The Morgan fingerprint density at radius 1 is 0.255 bits per heavy atom. The van der Waals surface area contributed by atoms with Crippen LogP contribution in [-0.4, -0.2) is 31.5 Å². The standard InChI is InChI=1S/C130H113BN6/c1-127(2,3)92-58-64-114-107(73-92)108-74-93(128(4,5)6)59-65-115(108)133(114)81-84-56-62-112-122(69-84)132(68-36-51-98-103(87-39-20-14-21-40-87)75-94(129(7,8)9)76-104(98)88-41-22-15-23-42-88)124-70-85(71-125-126(124)131(112)113-63-57-91(86-37-18-13-19-38-86)72-123(113)135(125)83-111-105(89-43-24-16-25-44-89)77-95(130(10,11)12)78-106(111)90-45-26-17-27-46-90)82-134-116-66-60-96(136-118-52-32-28-47-99(118)100-48-29-33-53-119(100)136)79-109(116)110-80-97(61-67-117(110)134)137-120-54-34-30-49-101(120)102-50-31-35-55-121(102)137/h13-35,37-50,52-67,69-80H,36,51,68,81-83H2,1-12H3/i13D,18D,19D,28D,29D,32D,33D,37D,38D,47D,48D,52D,53D. The van der Waals surface area contributed by atoms with E-state index in [9.17, 15) is 13.7 Å². The second kappa shape index (κ2) is 32.8. The van der Waals surface area contributed by atoms with Gasteiger partial charge in [0.15, 0.2) is 0 Å². The lowest BCUT2D eigenvalue weighted by molar-refractivity contribution is 0.590. The van der Waals surface area contributed by atoms with Crippen molar-refractivity contribution in [1.29, 1.82) is 0 Å². The van der Waals surface area contributed by atoms with Gasteiger partial charge in [-0.15, -0.1) is 0 Å². The molecule has 4 aromatic heterocycles. The van der Waals surface area contributed by atoms with Gasteiger partial charge in [-0.25, -0.2) is 0 Å². The number of hydrogen-bond donors (Lipinski definition) is 0. The number of nitrogens with zero attached hydrogens (tertiary/aromatic N) is 6. The van der Waals surface area contributed by atoms with E-state index in [1.807, 2.05) is 18.2 Å². The highest BCUT2D eigenvalue weighted by Crippen LogP contribution is 2.49. The number of para-hydroxylation sites is 4. The van der Waals surface area contributed by atoms with Crippen molar-refractivity contribution < 1.29 is 17.8 Å². The minimum absolute atomic E-state index is 0.0154. The Morgan fingerprint density at radius 2 is 0.642 bits per heavy atom. The van der Waals surface area contributed by atoms with Gasteiger partial charge < -0.3 is 28.1 Å². The molecule has 0 fully saturated rings. The molecule has 0 saturated heterocycles. The van der Waals surface area contributed by atoms with Crippen LogP contribution in [0, 0.1) is 0 Å². The van der Waals surface area contributed by atoms with Gasteiger partial charge in [-0.2, -0.15) is 0 Å². The van der Waals surface area contributed by atoms with Crippen LogP contribution in [0.25, 0.3) is 154 Å². The van der Waals surface area contributed by atoms with Gasteiger partial charge in [0, 0.05) is 125 Å². The third-order valence-corrected chi connectivity index (χ3v) is 29.1. The van der Waals surface area contributed by atoms with Crippen molar-refractivity contribution in [3.05, 3.63) is 439 Å². The normalized spacial score (nSPS) is 14.3. The fourth-order valence-electron chi connectivity index (χ4n) is 22.1. The molecule has 137 heavy (non-hydrogen) atoms. The minimum atomic E-state index is -0.523. The zero-order valence-corrected chi connectivity index (χ0v) is 79.5. The first-order chi connectivity index (χ1) is 71.9. The van der Waals surface area contributed by atoms with E-state index in [4.69, 9.17) is 4.11 Å². The second-order valence-electron chi connectivity index (χ2n) is 41.7. The SMILES string of the molecule is [2H]c1c([2H])c([2H])c(-c2ccc3c(c2)N(Cc2c(-c4ccccc4)cc(C(C)(C)C)cc2-c2ccccc2)c2cc(Cn4c5ccc(-n6c7ccccc7c7ccccc76)cc5c5cc(-n6c7c([2H])c([2H])c([2H])c([2H])c7c7c([2H])c([2H])c([2H])c([2H])c76)ccc54)cc4c2B3c2ccc(Cn3c5ccc(C(C)(C)C)cc5c5cc(C(C)(C)C)ccc53)cc2N4CCCc2c(-c3ccccc3)cc(C(C)(C)C)cc2-c2ccccc2)c([2H])c1[2H]. The van der Waals surface area contributed by atoms with Crippen LogP contribution in [0.15, 0.2) is 394 Å². The molecule has 666 valence electrons. The van der Waals surface area contributed by atoms with Crippen LogP contribution in [0.1, 0.15) is 152 Å². The molecule has 7 heteroatoms.